The summed E-state index contributed by atoms with van der Waals surface area (Å²) in [6, 6.07) is 9.45. The van der Waals surface area contributed by atoms with Crippen molar-refractivity contribution in [2.75, 3.05) is 18.5 Å². The van der Waals surface area contributed by atoms with Gasteiger partial charge in [0.15, 0.2) is 11.5 Å². The molecule has 2 aromatic carbocycles. The van der Waals surface area contributed by atoms with Crippen molar-refractivity contribution in [2.45, 2.75) is 6.42 Å². The van der Waals surface area contributed by atoms with Gasteiger partial charge in [0.1, 0.15) is 19.0 Å². The van der Waals surface area contributed by atoms with E-state index in [4.69, 9.17) is 9.47 Å². The maximum atomic E-state index is 13.1. The Labute approximate surface area is 135 Å². The quantitative estimate of drug-likeness (QED) is 0.904. The number of rotatable bonds is 3. The Bertz CT molecular complexity index is 721. The first-order chi connectivity index (χ1) is 10.6. The number of halogens is 2. The number of hydrogen-bond acceptors (Lipinski definition) is 3. The van der Waals surface area contributed by atoms with E-state index in [1.165, 1.54) is 12.1 Å². The molecule has 2 aromatic rings. The SMILES string of the molecule is O=C(Cc1cccc(F)c1)Nc1cc2c(cc1Br)OCCO2. The van der Waals surface area contributed by atoms with Crippen LogP contribution in [0.4, 0.5) is 10.1 Å². The first-order valence-corrected chi connectivity index (χ1v) is 7.54. The Kier molecular flexibility index (Phi) is 4.29. The highest BCUT2D eigenvalue weighted by Gasteiger charge is 2.16. The molecule has 6 heteroatoms. The Balaban J connectivity index is 1.74. The lowest BCUT2D eigenvalue weighted by molar-refractivity contribution is -0.115. The molecule has 0 radical (unpaired) electrons. The van der Waals surface area contributed by atoms with E-state index in [0.29, 0.717) is 40.4 Å². The van der Waals surface area contributed by atoms with E-state index in [-0.39, 0.29) is 18.1 Å². The van der Waals surface area contributed by atoms with Crippen LogP contribution in [0.2, 0.25) is 0 Å². The van der Waals surface area contributed by atoms with Crippen molar-refractivity contribution in [3.63, 3.8) is 0 Å². The summed E-state index contributed by atoms with van der Waals surface area (Å²) in [6.07, 6.45) is 0.0959. The molecule has 0 aromatic heterocycles. The standard InChI is InChI=1S/C16H13BrFNO3/c17-12-8-14-15(22-5-4-21-14)9-13(12)19-16(20)7-10-2-1-3-11(18)6-10/h1-3,6,8-9H,4-5,7H2,(H,19,20). The van der Waals surface area contributed by atoms with Gasteiger partial charge < -0.3 is 14.8 Å². The summed E-state index contributed by atoms with van der Waals surface area (Å²) in [4.78, 5) is 12.1. The summed E-state index contributed by atoms with van der Waals surface area (Å²) >= 11 is 3.39. The average Bonchev–Trinajstić information content (AvgIpc) is 2.48. The summed E-state index contributed by atoms with van der Waals surface area (Å²) < 4.78 is 24.8. The number of anilines is 1. The summed E-state index contributed by atoms with van der Waals surface area (Å²) in [6.45, 7) is 0.982. The highest BCUT2D eigenvalue weighted by atomic mass is 79.9. The third kappa shape index (κ3) is 3.39. The number of hydrogen-bond donors (Lipinski definition) is 1. The zero-order valence-corrected chi connectivity index (χ0v) is 13.2. The van der Waals surface area contributed by atoms with Gasteiger partial charge in [-0.25, -0.2) is 4.39 Å². The van der Waals surface area contributed by atoms with Crippen molar-refractivity contribution in [3.8, 4) is 11.5 Å². The number of carbonyl (C=O) groups excluding carboxylic acids is 1. The van der Waals surface area contributed by atoms with E-state index in [1.54, 1.807) is 24.3 Å². The van der Waals surface area contributed by atoms with Crippen LogP contribution in [-0.4, -0.2) is 19.1 Å². The molecule has 0 saturated heterocycles. The molecular formula is C16H13BrFNO3. The van der Waals surface area contributed by atoms with Gasteiger partial charge in [0.2, 0.25) is 5.91 Å². The van der Waals surface area contributed by atoms with Crippen LogP contribution in [0.25, 0.3) is 0 Å². The van der Waals surface area contributed by atoms with Crippen LogP contribution in [0.3, 0.4) is 0 Å². The van der Waals surface area contributed by atoms with Crippen LogP contribution in [-0.2, 0) is 11.2 Å². The van der Waals surface area contributed by atoms with Crippen LogP contribution in [0, 0.1) is 5.82 Å². The second kappa shape index (κ2) is 6.36. The van der Waals surface area contributed by atoms with Crippen LogP contribution in [0.15, 0.2) is 40.9 Å². The molecule has 0 aliphatic carbocycles. The molecule has 0 spiro atoms. The van der Waals surface area contributed by atoms with E-state index in [9.17, 15) is 9.18 Å². The summed E-state index contributed by atoms with van der Waals surface area (Å²) in [7, 11) is 0. The predicted molar refractivity (Wildman–Crippen MR) is 83.9 cm³/mol. The van der Waals surface area contributed by atoms with Crippen LogP contribution < -0.4 is 14.8 Å². The fourth-order valence-corrected chi connectivity index (χ4v) is 2.61. The molecule has 4 nitrogen and oxygen atoms in total. The lowest BCUT2D eigenvalue weighted by Crippen LogP contribution is -2.17. The molecule has 1 N–H and O–H groups in total. The van der Waals surface area contributed by atoms with E-state index in [2.05, 4.69) is 21.2 Å². The average molecular weight is 366 g/mol. The second-order valence-electron chi connectivity index (χ2n) is 4.83. The van der Waals surface area contributed by atoms with Gasteiger partial charge in [0, 0.05) is 16.6 Å². The topological polar surface area (TPSA) is 47.6 Å². The molecule has 1 aliphatic rings. The van der Waals surface area contributed by atoms with Crippen molar-refractivity contribution in [1.82, 2.24) is 0 Å². The van der Waals surface area contributed by atoms with Gasteiger partial charge in [0.05, 0.1) is 12.1 Å². The first kappa shape index (κ1) is 14.8. The molecule has 1 heterocycles. The van der Waals surface area contributed by atoms with E-state index in [1.807, 2.05) is 0 Å². The highest BCUT2D eigenvalue weighted by Crippen LogP contribution is 2.38. The Morgan fingerprint density at radius 3 is 2.64 bits per heavy atom. The molecule has 22 heavy (non-hydrogen) atoms. The molecule has 114 valence electrons. The summed E-state index contributed by atoms with van der Waals surface area (Å²) in [5, 5.41) is 2.78. The van der Waals surface area contributed by atoms with Crippen molar-refractivity contribution in [1.29, 1.82) is 0 Å². The van der Waals surface area contributed by atoms with Gasteiger partial charge in [-0.2, -0.15) is 0 Å². The third-order valence-corrected chi connectivity index (χ3v) is 3.82. The zero-order chi connectivity index (χ0) is 15.5. The number of carbonyl (C=O) groups is 1. The lowest BCUT2D eigenvalue weighted by Gasteiger charge is -2.20. The zero-order valence-electron chi connectivity index (χ0n) is 11.6. The van der Waals surface area contributed by atoms with Crippen molar-refractivity contribution < 1.29 is 18.7 Å². The molecule has 0 bridgehead atoms. The van der Waals surface area contributed by atoms with E-state index < -0.39 is 0 Å². The fourth-order valence-electron chi connectivity index (χ4n) is 2.19. The number of nitrogens with one attached hydrogen (secondary N) is 1. The molecule has 0 fully saturated rings. The van der Waals surface area contributed by atoms with Crippen molar-refractivity contribution >= 4 is 27.5 Å². The molecule has 0 saturated carbocycles. The van der Waals surface area contributed by atoms with Gasteiger partial charge >= 0.3 is 0 Å². The Morgan fingerprint density at radius 2 is 1.91 bits per heavy atom. The summed E-state index contributed by atoms with van der Waals surface area (Å²) in [5.74, 6) is 0.644. The molecule has 0 atom stereocenters. The maximum Gasteiger partial charge on any atom is 0.228 e. The minimum Gasteiger partial charge on any atom is -0.486 e. The molecule has 1 amide bonds. The Morgan fingerprint density at radius 1 is 1.18 bits per heavy atom. The maximum absolute atomic E-state index is 13.1. The number of fused-ring (bicyclic) bond motifs is 1. The van der Waals surface area contributed by atoms with Crippen LogP contribution in [0.1, 0.15) is 5.56 Å². The normalized spacial score (nSPS) is 12.8. The third-order valence-electron chi connectivity index (χ3n) is 3.16. The highest BCUT2D eigenvalue weighted by molar-refractivity contribution is 9.10. The van der Waals surface area contributed by atoms with E-state index in [0.717, 1.165) is 0 Å². The van der Waals surface area contributed by atoms with Gasteiger partial charge in [-0.15, -0.1) is 0 Å². The molecule has 0 unspecified atom stereocenters. The second-order valence-corrected chi connectivity index (χ2v) is 5.68. The Hall–Kier alpha value is -2.08. The first-order valence-electron chi connectivity index (χ1n) is 6.75. The monoisotopic (exact) mass is 365 g/mol. The number of ether oxygens (including phenoxy) is 2. The van der Waals surface area contributed by atoms with Gasteiger partial charge in [-0.1, -0.05) is 12.1 Å². The molecule has 1 aliphatic heterocycles. The van der Waals surface area contributed by atoms with Gasteiger partial charge in [-0.3, -0.25) is 4.79 Å². The predicted octanol–water partition coefficient (Wildman–Crippen LogP) is 3.54. The lowest BCUT2D eigenvalue weighted by atomic mass is 10.1. The van der Waals surface area contributed by atoms with E-state index >= 15 is 0 Å². The van der Waals surface area contributed by atoms with Gasteiger partial charge in [0.25, 0.3) is 0 Å². The minimum absolute atomic E-state index is 0.0959. The van der Waals surface area contributed by atoms with Crippen LogP contribution in [0.5, 0.6) is 11.5 Å². The van der Waals surface area contributed by atoms with Crippen molar-refractivity contribution in [2.24, 2.45) is 0 Å². The van der Waals surface area contributed by atoms with Gasteiger partial charge in [-0.05, 0) is 33.6 Å². The smallest absolute Gasteiger partial charge is 0.228 e. The minimum atomic E-state index is -0.356. The fraction of sp³-hybridized carbons (Fsp3) is 0.188. The van der Waals surface area contributed by atoms with Crippen LogP contribution >= 0.6 is 15.9 Å². The summed E-state index contributed by atoms with van der Waals surface area (Å²) in [5.41, 5.74) is 1.21. The largest absolute Gasteiger partial charge is 0.486 e. The van der Waals surface area contributed by atoms with Crippen molar-refractivity contribution in [3.05, 3.63) is 52.3 Å². The number of amides is 1. The molecule has 3 rings (SSSR count). The molecular weight excluding hydrogens is 353 g/mol. The number of benzene rings is 2.